The normalized spacial score (nSPS) is 12.3. The van der Waals surface area contributed by atoms with Gasteiger partial charge in [0.25, 0.3) is 5.56 Å². The van der Waals surface area contributed by atoms with Crippen LogP contribution in [0.15, 0.2) is 39.9 Å². The lowest BCUT2D eigenvalue weighted by atomic mass is 10.1. The summed E-state index contributed by atoms with van der Waals surface area (Å²) in [5.74, 6) is -0.292. The standard InChI is InChI=1S/C13H14N2O3/c1-8-11(16)14-13(18)15(12(8)17)9(2)10-6-4-3-5-7-10/h3-7,9,17H,1-2H3,(H,14,16,18). The molecule has 2 aromatic rings. The van der Waals surface area contributed by atoms with Gasteiger partial charge in [0.1, 0.15) is 0 Å². The monoisotopic (exact) mass is 246 g/mol. The second-order valence-electron chi connectivity index (χ2n) is 4.16. The van der Waals surface area contributed by atoms with Crippen LogP contribution in [-0.4, -0.2) is 14.7 Å². The van der Waals surface area contributed by atoms with E-state index in [4.69, 9.17) is 0 Å². The molecule has 2 rings (SSSR count). The molecular weight excluding hydrogens is 232 g/mol. The van der Waals surface area contributed by atoms with Gasteiger partial charge in [0, 0.05) is 0 Å². The molecule has 0 saturated carbocycles. The van der Waals surface area contributed by atoms with Crippen LogP contribution in [0, 0.1) is 6.92 Å². The van der Waals surface area contributed by atoms with Crippen LogP contribution in [0.5, 0.6) is 5.88 Å². The maximum atomic E-state index is 11.8. The van der Waals surface area contributed by atoms with E-state index in [0.29, 0.717) is 0 Å². The highest BCUT2D eigenvalue weighted by Gasteiger charge is 2.16. The van der Waals surface area contributed by atoms with Crippen LogP contribution in [0.2, 0.25) is 0 Å². The van der Waals surface area contributed by atoms with E-state index in [-0.39, 0.29) is 17.5 Å². The van der Waals surface area contributed by atoms with Crippen molar-refractivity contribution in [2.45, 2.75) is 19.9 Å². The van der Waals surface area contributed by atoms with Crippen LogP contribution in [0.1, 0.15) is 24.1 Å². The van der Waals surface area contributed by atoms with E-state index < -0.39 is 11.2 Å². The average molecular weight is 246 g/mol. The Morgan fingerprint density at radius 1 is 1.22 bits per heavy atom. The first-order valence-corrected chi connectivity index (χ1v) is 5.61. The lowest BCUT2D eigenvalue weighted by Crippen LogP contribution is -2.33. The summed E-state index contributed by atoms with van der Waals surface area (Å²) >= 11 is 0. The van der Waals surface area contributed by atoms with Gasteiger partial charge in [-0.2, -0.15) is 0 Å². The number of nitrogens with zero attached hydrogens (tertiary/aromatic N) is 1. The molecular formula is C13H14N2O3. The molecule has 0 spiro atoms. The maximum absolute atomic E-state index is 11.8. The van der Waals surface area contributed by atoms with Gasteiger partial charge < -0.3 is 5.11 Å². The van der Waals surface area contributed by atoms with Crippen LogP contribution >= 0.6 is 0 Å². The first kappa shape index (κ1) is 12.2. The molecule has 5 heteroatoms. The smallest absolute Gasteiger partial charge is 0.331 e. The molecule has 0 bridgehead atoms. The molecule has 0 aliphatic heterocycles. The van der Waals surface area contributed by atoms with Gasteiger partial charge in [0.05, 0.1) is 11.6 Å². The molecule has 18 heavy (non-hydrogen) atoms. The Kier molecular flexibility index (Phi) is 3.06. The number of H-pyrrole nitrogens is 1. The topological polar surface area (TPSA) is 75.1 Å². The van der Waals surface area contributed by atoms with Crippen LogP contribution in [0.25, 0.3) is 0 Å². The summed E-state index contributed by atoms with van der Waals surface area (Å²) in [5, 5.41) is 9.93. The van der Waals surface area contributed by atoms with Gasteiger partial charge in [-0.25, -0.2) is 4.79 Å². The molecule has 0 saturated heterocycles. The molecule has 0 aliphatic carbocycles. The molecule has 2 N–H and O–H groups in total. The minimum Gasteiger partial charge on any atom is -0.494 e. The fraction of sp³-hybridized carbons (Fsp3) is 0.231. The van der Waals surface area contributed by atoms with Crippen LogP contribution in [0.4, 0.5) is 0 Å². The number of aromatic hydroxyl groups is 1. The zero-order valence-corrected chi connectivity index (χ0v) is 10.2. The molecule has 1 unspecified atom stereocenters. The highest BCUT2D eigenvalue weighted by Crippen LogP contribution is 2.21. The summed E-state index contributed by atoms with van der Waals surface area (Å²) < 4.78 is 1.17. The van der Waals surface area contributed by atoms with E-state index in [0.717, 1.165) is 5.56 Å². The summed E-state index contributed by atoms with van der Waals surface area (Å²) in [4.78, 5) is 25.3. The number of nitrogens with one attached hydrogen (secondary N) is 1. The van der Waals surface area contributed by atoms with E-state index in [1.807, 2.05) is 30.3 Å². The maximum Gasteiger partial charge on any atom is 0.331 e. The largest absolute Gasteiger partial charge is 0.494 e. The summed E-state index contributed by atoms with van der Waals surface area (Å²) in [6, 6.07) is 8.94. The lowest BCUT2D eigenvalue weighted by Gasteiger charge is -2.17. The third kappa shape index (κ3) is 1.95. The van der Waals surface area contributed by atoms with Gasteiger partial charge in [-0.15, -0.1) is 0 Å². The summed E-state index contributed by atoms with van der Waals surface area (Å²) in [6.07, 6.45) is 0. The Bertz CT molecular complexity index is 671. The molecule has 1 heterocycles. The Labute approximate surface area is 103 Å². The van der Waals surface area contributed by atoms with Crippen molar-refractivity contribution in [2.24, 2.45) is 0 Å². The molecule has 0 radical (unpaired) electrons. The SMILES string of the molecule is Cc1c(O)n(C(C)c2ccccc2)c(=O)[nH]c1=O. The zero-order valence-electron chi connectivity index (χ0n) is 10.2. The van der Waals surface area contributed by atoms with E-state index in [9.17, 15) is 14.7 Å². The molecule has 5 nitrogen and oxygen atoms in total. The van der Waals surface area contributed by atoms with Crippen LogP contribution < -0.4 is 11.2 Å². The molecule has 1 aromatic carbocycles. The summed E-state index contributed by atoms with van der Waals surface area (Å²) in [7, 11) is 0. The molecule has 0 amide bonds. The van der Waals surface area contributed by atoms with Gasteiger partial charge >= 0.3 is 5.69 Å². The van der Waals surface area contributed by atoms with Crippen LogP contribution in [-0.2, 0) is 0 Å². The van der Waals surface area contributed by atoms with Crippen molar-refractivity contribution in [3.8, 4) is 5.88 Å². The fourth-order valence-corrected chi connectivity index (χ4v) is 1.87. The predicted octanol–water partition coefficient (Wildman–Crippen LogP) is 1.16. The van der Waals surface area contributed by atoms with Crippen molar-refractivity contribution < 1.29 is 5.11 Å². The number of aromatic nitrogens is 2. The zero-order chi connectivity index (χ0) is 13.3. The lowest BCUT2D eigenvalue weighted by molar-refractivity contribution is 0.384. The van der Waals surface area contributed by atoms with E-state index >= 15 is 0 Å². The number of aromatic amines is 1. The van der Waals surface area contributed by atoms with Crippen molar-refractivity contribution >= 4 is 0 Å². The van der Waals surface area contributed by atoms with Crippen molar-refractivity contribution in [2.75, 3.05) is 0 Å². The van der Waals surface area contributed by atoms with Gasteiger partial charge in [-0.1, -0.05) is 30.3 Å². The highest BCUT2D eigenvalue weighted by atomic mass is 16.3. The number of hydrogen-bond donors (Lipinski definition) is 2. The van der Waals surface area contributed by atoms with Crippen molar-refractivity contribution in [1.82, 2.24) is 9.55 Å². The van der Waals surface area contributed by atoms with E-state index in [1.54, 1.807) is 6.92 Å². The number of hydrogen-bond acceptors (Lipinski definition) is 3. The quantitative estimate of drug-likeness (QED) is 0.835. The van der Waals surface area contributed by atoms with Crippen molar-refractivity contribution in [1.29, 1.82) is 0 Å². The van der Waals surface area contributed by atoms with E-state index in [2.05, 4.69) is 4.98 Å². The molecule has 94 valence electrons. The first-order valence-electron chi connectivity index (χ1n) is 5.61. The Hall–Kier alpha value is -2.30. The predicted molar refractivity (Wildman–Crippen MR) is 68.0 cm³/mol. The fourth-order valence-electron chi connectivity index (χ4n) is 1.87. The number of benzene rings is 1. The second kappa shape index (κ2) is 4.52. The van der Waals surface area contributed by atoms with Crippen LogP contribution in [0.3, 0.4) is 0 Å². The second-order valence-corrected chi connectivity index (χ2v) is 4.16. The number of rotatable bonds is 2. The Morgan fingerprint density at radius 2 is 1.83 bits per heavy atom. The van der Waals surface area contributed by atoms with Crippen molar-refractivity contribution in [3.05, 3.63) is 62.3 Å². The summed E-state index contributed by atoms with van der Waals surface area (Å²) in [5.41, 5.74) is -0.160. The van der Waals surface area contributed by atoms with Gasteiger partial charge in [0.15, 0.2) is 0 Å². The van der Waals surface area contributed by atoms with Crippen molar-refractivity contribution in [3.63, 3.8) is 0 Å². The van der Waals surface area contributed by atoms with Gasteiger partial charge in [-0.3, -0.25) is 14.3 Å². The van der Waals surface area contributed by atoms with E-state index in [1.165, 1.54) is 11.5 Å². The van der Waals surface area contributed by atoms with Gasteiger partial charge in [-0.05, 0) is 19.4 Å². The third-order valence-electron chi connectivity index (χ3n) is 3.01. The van der Waals surface area contributed by atoms with Gasteiger partial charge in [0.2, 0.25) is 5.88 Å². The average Bonchev–Trinajstić information content (AvgIpc) is 2.37. The molecule has 0 aliphatic rings. The molecule has 1 atom stereocenters. The minimum absolute atomic E-state index is 0.136. The summed E-state index contributed by atoms with van der Waals surface area (Å²) in [6.45, 7) is 3.26. The molecule has 1 aromatic heterocycles. The Balaban J connectivity index is 2.63. The Morgan fingerprint density at radius 3 is 2.44 bits per heavy atom. The first-order chi connectivity index (χ1) is 8.52. The third-order valence-corrected chi connectivity index (χ3v) is 3.01. The highest BCUT2D eigenvalue weighted by molar-refractivity contribution is 5.26. The minimum atomic E-state index is -0.612. The molecule has 0 fully saturated rings.